The normalized spacial score (nSPS) is 19.3. The number of hydrogen-bond donors (Lipinski definition) is 2. The number of rotatable bonds is 8. The highest BCUT2D eigenvalue weighted by atomic mass is 19.1. The quantitative estimate of drug-likeness (QED) is 0.303. The van der Waals surface area contributed by atoms with Crippen LogP contribution in [0.4, 0.5) is 10.1 Å². The van der Waals surface area contributed by atoms with Gasteiger partial charge in [0, 0.05) is 61.8 Å². The molecule has 4 heterocycles. The molecule has 45 heavy (non-hydrogen) atoms. The summed E-state index contributed by atoms with van der Waals surface area (Å²) in [6.07, 6.45) is 6.31. The number of piperazine rings is 1. The lowest BCUT2D eigenvalue weighted by atomic mass is 9.99. The third-order valence-corrected chi connectivity index (χ3v) is 9.76. The zero-order valence-corrected chi connectivity index (χ0v) is 25.4. The van der Waals surface area contributed by atoms with Gasteiger partial charge in [0.1, 0.15) is 17.1 Å². The number of piperidine rings is 1. The monoisotopic (exact) mass is 615 g/mol. The first-order valence-corrected chi connectivity index (χ1v) is 15.7. The van der Waals surface area contributed by atoms with Gasteiger partial charge in [-0.1, -0.05) is 12.1 Å². The van der Waals surface area contributed by atoms with Crippen molar-refractivity contribution < 1.29 is 24.1 Å². The average Bonchev–Trinajstić information content (AvgIpc) is 3.90. The Morgan fingerprint density at radius 2 is 1.78 bits per heavy atom. The van der Waals surface area contributed by atoms with Crippen LogP contribution in [0.3, 0.4) is 0 Å². The number of anilines is 1. The van der Waals surface area contributed by atoms with Gasteiger partial charge in [-0.2, -0.15) is 0 Å². The molecule has 1 aliphatic carbocycles. The van der Waals surface area contributed by atoms with Gasteiger partial charge in [-0.25, -0.2) is 9.18 Å². The molecule has 4 aromatic rings. The van der Waals surface area contributed by atoms with Crippen molar-refractivity contribution in [1.82, 2.24) is 19.4 Å². The molecule has 11 heteroatoms. The number of aromatic carboxylic acids is 1. The van der Waals surface area contributed by atoms with Crippen molar-refractivity contribution in [2.45, 2.75) is 43.9 Å². The zero-order chi connectivity index (χ0) is 31.2. The molecule has 0 bridgehead atoms. The van der Waals surface area contributed by atoms with E-state index in [2.05, 4.69) is 14.8 Å². The molecule has 2 aliphatic heterocycles. The van der Waals surface area contributed by atoms with E-state index >= 15 is 4.39 Å². The number of likely N-dealkylation sites (tertiary alicyclic amines) is 1. The number of aliphatic hydroxyl groups excluding tert-OH is 1. The van der Waals surface area contributed by atoms with Crippen molar-refractivity contribution >= 4 is 33.5 Å². The maximum Gasteiger partial charge on any atom is 0.341 e. The summed E-state index contributed by atoms with van der Waals surface area (Å²) in [6, 6.07) is 11.3. The van der Waals surface area contributed by atoms with E-state index in [1.807, 2.05) is 33.7 Å². The maximum atomic E-state index is 15.4. The minimum absolute atomic E-state index is 0.121. The molecule has 0 radical (unpaired) electrons. The fraction of sp³-hybridized carbons (Fsp3) is 0.441. The van der Waals surface area contributed by atoms with Gasteiger partial charge >= 0.3 is 5.97 Å². The largest absolute Gasteiger partial charge is 0.495 e. The second kappa shape index (κ2) is 12.0. The number of hydrogen-bond acceptors (Lipinski definition) is 8. The van der Waals surface area contributed by atoms with Gasteiger partial charge in [0.25, 0.3) is 0 Å². The van der Waals surface area contributed by atoms with Crippen LogP contribution in [-0.2, 0) is 0 Å². The van der Waals surface area contributed by atoms with Crippen LogP contribution in [0.25, 0.3) is 21.8 Å². The molecule has 10 nitrogen and oxygen atoms in total. The van der Waals surface area contributed by atoms with Crippen molar-refractivity contribution in [2.75, 3.05) is 57.8 Å². The number of aromatic nitrogens is 2. The Balaban J connectivity index is 0.982. The van der Waals surface area contributed by atoms with Crippen LogP contribution in [-0.4, -0.2) is 94.5 Å². The summed E-state index contributed by atoms with van der Waals surface area (Å²) in [5.74, 6) is -1.12. The Kier molecular flexibility index (Phi) is 7.93. The highest BCUT2D eigenvalue weighted by Crippen LogP contribution is 2.38. The smallest absolute Gasteiger partial charge is 0.341 e. The Labute approximate surface area is 260 Å². The van der Waals surface area contributed by atoms with Crippen molar-refractivity contribution in [3.63, 3.8) is 0 Å². The lowest BCUT2D eigenvalue weighted by Gasteiger charge is -2.43. The molecular weight excluding hydrogens is 577 g/mol. The van der Waals surface area contributed by atoms with E-state index in [4.69, 9.17) is 4.74 Å². The summed E-state index contributed by atoms with van der Waals surface area (Å²) >= 11 is 0. The Morgan fingerprint density at radius 1 is 1.02 bits per heavy atom. The predicted octanol–water partition coefficient (Wildman–Crippen LogP) is 4.05. The van der Waals surface area contributed by atoms with E-state index in [-0.39, 0.29) is 17.0 Å². The van der Waals surface area contributed by atoms with E-state index in [0.29, 0.717) is 42.6 Å². The summed E-state index contributed by atoms with van der Waals surface area (Å²) in [6.45, 7) is 5.29. The van der Waals surface area contributed by atoms with Gasteiger partial charge in [-0.15, -0.1) is 0 Å². The van der Waals surface area contributed by atoms with Gasteiger partial charge in [0.05, 0.1) is 36.1 Å². The molecule has 7 rings (SSSR count). The topological polar surface area (TPSA) is 111 Å². The summed E-state index contributed by atoms with van der Waals surface area (Å²) < 4.78 is 22.6. The summed E-state index contributed by atoms with van der Waals surface area (Å²) in [7, 11) is 1.61. The van der Waals surface area contributed by atoms with Crippen LogP contribution in [0.15, 0.2) is 53.6 Å². The van der Waals surface area contributed by atoms with Gasteiger partial charge < -0.3 is 29.3 Å². The first-order valence-electron chi connectivity index (χ1n) is 15.7. The van der Waals surface area contributed by atoms with Gasteiger partial charge in [-0.3, -0.25) is 14.7 Å². The van der Waals surface area contributed by atoms with Gasteiger partial charge in [0.15, 0.2) is 0 Å². The first kappa shape index (κ1) is 29.6. The molecule has 1 saturated carbocycles. The molecule has 1 unspecified atom stereocenters. The van der Waals surface area contributed by atoms with Gasteiger partial charge in [-0.05, 0) is 68.6 Å². The zero-order valence-electron chi connectivity index (χ0n) is 25.4. The van der Waals surface area contributed by atoms with Crippen LogP contribution in [0, 0.1) is 5.82 Å². The molecule has 236 valence electrons. The molecule has 0 amide bonds. The fourth-order valence-electron chi connectivity index (χ4n) is 7.10. The SMILES string of the molecule is COc1cnc2cccc(C(O)CN3CCC(N4CCN(c5cc6c(cc5F)c(=O)c(C(=O)O)cn6C5CC5)CC4)CC3)c2c1. The lowest BCUT2D eigenvalue weighted by molar-refractivity contribution is 0.0653. The summed E-state index contributed by atoms with van der Waals surface area (Å²) in [4.78, 5) is 35.8. The lowest BCUT2D eigenvalue weighted by Crippen LogP contribution is -2.53. The Morgan fingerprint density at radius 3 is 2.47 bits per heavy atom. The van der Waals surface area contributed by atoms with Gasteiger partial charge in [0.2, 0.25) is 5.43 Å². The highest BCUT2D eigenvalue weighted by molar-refractivity contribution is 5.93. The van der Waals surface area contributed by atoms with Crippen LogP contribution < -0.4 is 15.1 Å². The maximum absolute atomic E-state index is 15.4. The molecule has 0 spiro atoms. The van der Waals surface area contributed by atoms with Crippen LogP contribution in [0.5, 0.6) is 5.75 Å². The van der Waals surface area contributed by atoms with E-state index in [1.54, 1.807) is 19.4 Å². The number of carboxylic acid groups (broad SMARTS) is 1. The van der Waals surface area contributed by atoms with Crippen LogP contribution >= 0.6 is 0 Å². The summed E-state index contributed by atoms with van der Waals surface area (Å²) in [5, 5.41) is 21.7. The standard InChI is InChI=1S/C34H38FN5O5/c1-45-23-15-25-24(3-2-4-29(25)36-18-23)32(41)20-37-9-7-21(8-10-37)38-11-13-39(14-12-38)31-17-30-26(16-28(31)35)33(42)27(34(43)44)19-40(30)22-5-6-22/h2-4,15-19,21-22,32,41H,5-14,20H2,1H3,(H,43,44). The second-order valence-electron chi connectivity index (χ2n) is 12.5. The minimum Gasteiger partial charge on any atom is -0.495 e. The number of ether oxygens (including phenoxy) is 1. The molecule has 3 fully saturated rings. The molecular formula is C34H38FN5O5. The van der Waals surface area contributed by atoms with E-state index in [0.717, 1.165) is 68.3 Å². The fourth-order valence-corrected chi connectivity index (χ4v) is 7.10. The molecule has 2 N–H and O–H groups in total. The number of aliphatic hydroxyl groups is 1. The minimum atomic E-state index is -1.29. The second-order valence-corrected chi connectivity index (χ2v) is 12.5. The number of carboxylic acids is 1. The molecule has 2 aromatic heterocycles. The number of halogens is 1. The van der Waals surface area contributed by atoms with Crippen molar-refractivity contribution in [3.8, 4) is 5.75 Å². The Bertz CT molecular complexity index is 1810. The van der Waals surface area contributed by atoms with E-state index in [1.165, 1.54) is 12.3 Å². The molecule has 2 aromatic carbocycles. The highest BCUT2D eigenvalue weighted by Gasteiger charge is 2.31. The van der Waals surface area contributed by atoms with Crippen molar-refractivity contribution in [2.24, 2.45) is 0 Å². The van der Waals surface area contributed by atoms with Crippen molar-refractivity contribution in [1.29, 1.82) is 0 Å². The van der Waals surface area contributed by atoms with Crippen LogP contribution in [0.1, 0.15) is 53.8 Å². The number of benzene rings is 2. The van der Waals surface area contributed by atoms with E-state index in [9.17, 15) is 19.8 Å². The third-order valence-electron chi connectivity index (χ3n) is 9.76. The summed E-state index contributed by atoms with van der Waals surface area (Å²) in [5.41, 5.74) is 1.79. The number of β-amino-alcohol motifs (C(OH)–C–C–N with tert-alkyl or cyclic N) is 1. The average molecular weight is 616 g/mol. The molecule has 1 atom stereocenters. The first-order chi connectivity index (χ1) is 21.8. The number of nitrogens with zero attached hydrogens (tertiary/aromatic N) is 5. The number of carbonyl (C=O) groups is 1. The number of fused-ring (bicyclic) bond motifs is 2. The van der Waals surface area contributed by atoms with E-state index < -0.39 is 23.3 Å². The molecule has 2 saturated heterocycles. The predicted molar refractivity (Wildman–Crippen MR) is 170 cm³/mol. The Hall–Kier alpha value is -4.06. The van der Waals surface area contributed by atoms with Crippen molar-refractivity contribution in [3.05, 3.63) is 76.0 Å². The van der Waals surface area contributed by atoms with Crippen LogP contribution in [0.2, 0.25) is 0 Å². The number of methoxy groups -OCH3 is 1. The number of pyridine rings is 2. The third kappa shape index (κ3) is 5.76. The molecule has 3 aliphatic rings.